The summed E-state index contributed by atoms with van der Waals surface area (Å²) >= 11 is 11.3. The van der Waals surface area contributed by atoms with Crippen molar-refractivity contribution in [2.75, 3.05) is 0 Å². The van der Waals surface area contributed by atoms with Gasteiger partial charge in [-0.15, -0.1) is 0 Å². The van der Waals surface area contributed by atoms with E-state index in [9.17, 15) is 4.39 Å². The van der Waals surface area contributed by atoms with Crippen LogP contribution in [-0.2, 0) is 5.41 Å². The Balaban J connectivity index is 2.66. The van der Waals surface area contributed by atoms with Gasteiger partial charge in [-0.2, -0.15) is 0 Å². The maximum Gasteiger partial charge on any atom is 0.150 e. The van der Waals surface area contributed by atoms with Gasteiger partial charge in [0.2, 0.25) is 0 Å². The molecule has 96 valence electrons. The fraction of sp³-hybridized carbons (Fsp3) is 0.308. The van der Waals surface area contributed by atoms with E-state index in [2.05, 4.69) is 25.9 Å². The fourth-order valence-corrected chi connectivity index (χ4v) is 2.15. The summed E-state index contributed by atoms with van der Waals surface area (Å²) in [6.45, 7) is 6.17. The maximum atomic E-state index is 13.9. The van der Waals surface area contributed by atoms with Gasteiger partial charge < -0.3 is 0 Å². The second-order valence-electron chi connectivity index (χ2n) is 5.16. The Labute approximate surface area is 115 Å². The first-order valence-electron chi connectivity index (χ1n) is 5.57. The van der Waals surface area contributed by atoms with Gasteiger partial charge in [-0.3, -0.25) is 5.10 Å². The summed E-state index contributed by atoms with van der Waals surface area (Å²) in [6, 6.07) is 6.40. The Bertz CT molecular complexity index is 617. The van der Waals surface area contributed by atoms with Gasteiger partial charge in [0, 0.05) is 11.1 Å². The SMILES string of the molecule is CC(C)(C)c1cc(=S)n(-c2c(F)cccc2Cl)[nH]1. The van der Waals surface area contributed by atoms with Crippen LogP contribution in [0.25, 0.3) is 5.69 Å². The molecule has 0 spiro atoms. The van der Waals surface area contributed by atoms with Crippen molar-refractivity contribution in [3.8, 4) is 5.69 Å². The number of aromatic amines is 1. The van der Waals surface area contributed by atoms with Crippen LogP contribution in [0, 0.1) is 10.5 Å². The number of nitrogens with one attached hydrogen (secondary N) is 1. The monoisotopic (exact) mass is 284 g/mol. The van der Waals surface area contributed by atoms with Crippen LogP contribution in [0.2, 0.25) is 5.02 Å². The number of halogens is 2. The molecule has 0 unspecified atom stereocenters. The molecular formula is C13H14ClFN2S. The second-order valence-corrected chi connectivity index (χ2v) is 5.99. The van der Waals surface area contributed by atoms with E-state index in [0.29, 0.717) is 9.66 Å². The van der Waals surface area contributed by atoms with Crippen molar-refractivity contribution in [2.24, 2.45) is 0 Å². The summed E-state index contributed by atoms with van der Waals surface area (Å²) < 4.78 is 15.9. The quantitative estimate of drug-likeness (QED) is 0.758. The van der Waals surface area contributed by atoms with Crippen molar-refractivity contribution in [2.45, 2.75) is 26.2 Å². The van der Waals surface area contributed by atoms with Crippen LogP contribution in [0.15, 0.2) is 24.3 Å². The lowest BCUT2D eigenvalue weighted by Crippen LogP contribution is -2.13. The van der Waals surface area contributed by atoms with Crippen molar-refractivity contribution in [1.29, 1.82) is 0 Å². The lowest BCUT2D eigenvalue weighted by molar-refractivity contribution is 0.555. The summed E-state index contributed by atoms with van der Waals surface area (Å²) in [5.74, 6) is -0.402. The van der Waals surface area contributed by atoms with Gasteiger partial charge in [0.05, 0.1) is 5.02 Å². The van der Waals surface area contributed by atoms with Gasteiger partial charge in [0.25, 0.3) is 0 Å². The molecular weight excluding hydrogens is 271 g/mol. The van der Waals surface area contributed by atoms with E-state index in [4.69, 9.17) is 23.8 Å². The summed E-state index contributed by atoms with van der Waals surface area (Å²) in [4.78, 5) is 0. The van der Waals surface area contributed by atoms with Gasteiger partial charge in [0.15, 0.2) is 0 Å². The van der Waals surface area contributed by atoms with Gasteiger partial charge in [0.1, 0.15) is 16.1 Å². The van der Waals surface area contributed by atoms with E-state index in [-0.39, 0.29) is 11.1 Å². The molecule has 0 radical (unpaired) electrons. The number of benzene rings is 1. The molecule has 0 bridgehead atoms. The summed E-state index contributed by atoms with van der Waals surface area (Å²) in [5.41, 5.74) is 1.11. The van der Waals surface area contributed by atoms with Crippen LogP contribution in [-0.4, -0.2) is 9.78 Å². The van der Waals surface area contributed by atoms with E-state index in [1.54, 1.807) is 12.1 Å². The first-order valence-corrected chi connectivity index (χ1v) is 6.36. The van der Waals surface area contributed by atoms with Crippen LogP contribution in [0.4, 0.5) is 4.39 Å². The highest BCUT2D eigenvalue weighted by Gasteiger charge is 2.18. The van der Waals surface area contributed by atoms with Crippen molar-refractivity contribution < 1.29 is 4.39 Å². The van der Waals surface area contributed by atoms with Crippen LogP contribution in [0.3, 0.4) is 0 Å². The smallest absolute Gasteiger partial charge is 0.150 e. The number of rotatable bonds is 1. The normalized spacial score (nSPS) is 11.8. The minimum atomic E-state index is -0.402. The maximum absolute atomic E-state index is 13.9. The summed E-state index contributed by atoms with van der Waals surface area (Å²) in [6.07, 6.45) is 0. The minimum absolute atomic E-state index is 0.0868. The zero-order valence-corrected chi connectivity index (χ0v) is 12.0. The Hall–Kier alpha value is -1.13. The highest BCUT2D eigenvalue weighted by atomic mass is 35.5. The molecule has 1 N–H and O–H groups in total. The summed E-state index contributed by atoms with van der Waals surface area (Å²) in [7, 11) is 0. The molecule has 1 aromatic heterocycles. The molecule has 1 heterocycles. The first kappa shape index (κ1) is 13.3. The van der Waals surface area contributed by atoms with Crippen molar-refractivity contribution in [1.82, 2.24) is 9.78 Å². The third kappa shape index (κ3) is 2.35. The van der Waals surface area contributed by atoms with Crippen LogP contribution in [0.1, 0.15) is 26.5 Å². The zero-order valence-electron chi connectivity index (χ0n) is 10.4. The van der Waals surface area contributed by atoms with Crippen LogP contribution in [0.5, 0.6) is 0 Å². The molecule has 1 aromatic carbocycles. The van der Waals surface area contributed by atoms with E-state index in [1.807, 2.05) is 6.07 Å². The highest BCUT2D eigenvalue weighted by Crippen LogP contribution is 2.26. The van der Waals surface area contributed by atoms with Crippen molar-refractivity contribution >= 4 is 23.8 Å². The minimum Gasteiger partial charge on any atom is -0.296 e. The molecule has 0 fully saturated rings. The van der Waals surface area contributed by atoms with Crippen molar-refractivity contribution in [3.63, 3.8) is 0 Å². The Kier molecular flexibility index (Phi) is 3.34. The third-order valence-corrected chi connectivity index (χ3v) is 3.30. The van der Waals surface area contributed by atoms with Gasteiger partial charge >= 0.3 is 0 Å². The molecule has 0 atom stereocenters. The van der Waals surface area contributed by atoms with Crippen LogP contribution < -0.4 is 0 Å². The molecule has 18 heavy (non-hydrogen) atoms. The second kappa shape index (κ2) is 4.52. The van der Waals surface area contributed by atoms with Gasteiger partial charge in [-0.05, 0) is 18.2 Å². The topological polar surface area (TPSA) is 20.7 Å². The molecule has 0 aliphatic heterocycles. The lowest BCUT2D eigenvalue weighted by atomic mass is 9.93. The Morgan fingerprint density at radius 1 is 1.33 bits per heavy atom. The number of hydrogen-bond donors (Lipinski definition) is 1. The standard InChI is InChI=1S/C13H14ClFN2S/c1-13(2,3)10-7-11(18)17(16-10)12-8(14)5-4-6-9(12)15/h4-7,16H,1-3H3. The number of para-hydroxylation sites is 1. The Morgan fingerprint density at radius 2 is 2.00 bits per heavy atom. The third-order valence-electron chi connectivity index (χ3n) is 2.69. The number of H-pyrrole nitrogens is 1. The van der Waals surface area contributed by atoms with Crippen molar-refractivity contribution in [3.05, 3.63) is 45.4 Å². The van der Waals surface area contributed by atoms with E-state index in [1.165, 1.54) is 10.7 Å². The predicted octanol–water partition coefficient (Wildman–Crippen LogP) is 4.62. The molecule has 0 amide bonds. The molecule has 0 aliphatic rings. The Morgan fingerprint density at radius 3 is 2.50 bits per heavy atom. The average Bonchev–Trinajstić information content (AvgIpc) is 2.60. The van der Waals surface area contributed by atoms with E-state index >= 15 is 0 Å². The van der Waals surface area contributed by atoms with Gasteiger partial charge in [-0.1, -0.05) is 50.7 Å². The predicted molar refractivity (Wildman–Crippen MR) is 74.6 cm³/mol. The molecule has 5 heteroatoms. The largest absolute Gasteiger partial charge is 0.296 e. The molecule has 2 rings (SSSR count). The van der Waals surface area contributed by atoms with E-state index < -0.39 is 5.82 Å². The van der Waals surface area contributed by atoms with E-state index in [0.717, 1.165) is 5.69 Å². The highest BCUT2D eigenvalue weighted by molar-refractivity contribution is 7.71. The molecule has 2 aromatic rings. The molecule has 0 saturated carbocycles. The molecule has 2 nitrogen and oxygen atoms in total. The number of hydrogen-bond acceptors (Lipinski definition) is 1. The first-order chi connectivity index (χ1) is 8.30. The lowest BCUT2D eigenvalue weighted by Gasteiger charge is -2.16. The van der Waals surface area contributed by atoms with Gasteiger partial charge in [-0.25, -0.2) is 9.07 Å². The molecule has 0 aliphatic carbocycles. The average molecular weight is 285 g/mol. The fourth-order valence-electron chi connectivity index (χ4n) is 1.65. The number of aromatic nitrogens is 2. The molecule has 0 saturated heterocycles. The zero-order chi connectivity index (χ0) is 13.5. The summed E-state index contributed by atoms with van der Waals surface area (Å²) in [5, 5.41) is 3.43. The number of nitrogens with zero attached hydrogens (tertiary/aromatic N) is 1. The van der Waals surface area contributed by atoms with Crippen LogP contribution >= 0.6 is 23.8 Å².